The number of benzene rings is 3. The maximum absolute atomic E-state index is 13.7. The van der Waals surface area contributed by atoms with Crippen molar-refractivity contribution in [2.75, 3.05) is 19.0 Å². The lowest BCUT2D eigenvalue weighted by atomic mass is 9.92. The van der Waals surface area contributed by atoms with E-state index in [9.17, 15) is 14.0 Å². The summed E-state index contributed by atoms with van der Waals surface area (Å²) >= 11 is 6.13. The minimum absolute atomic E-state index is 0.196. The number of anilines is 1. The van der Waals surface area contributed by atoms with Gasteiger partial charge in [0.25, 0.3) is 0 Å². The van der Waals surface area contributed by atoms with Gasteiger partial charge < -0.3 is 19.9 Å². The summed E-state index contributed by atoms with van der Waals surface area (Å²) in [7, 11) is 1.27. The van der Waals surface area contributed by atoms with Crippen molar-refractivity contribution in [2.45, 2.75) is 12.5 Å². The molecule has 2 heterocycles. The van der Waals surface area contributed by atoms with Crippen LogP contribution >= 0.6 is 11.6 Å². The molecule has 1 aliphatic rings. The van der Waals surface area contributed by atoms with E-state index in [-0.39, 0.29) is 17.1 Å². The molecule has 0 saturated carbocycles. The standard InChI is InChI=1S/C26H21ClFN3O3/c1-34-25(32)20-11-8-16(27)14-22(20)30-26(33)31-13-12-19-18-4-2-3-5-21(18)29-23(19)24(31)15-6-9-17(28)10-7-15/h2-11,14,24,29H,12-13H2,1H3,(H,30,33). The number of halogens is 2. The zero-order chi connectivity index (χ0) is 23.8. The number of carbonyl (C=O) groups is 2. The van der Waals surface area contributed by atoms with Crippen molar-refractivity contribution in [1.82, 2.24) is 9.88 Å². The molecule has 0 saturated heterocycles. The highest BCUT2D eigenvalue weighted by atomic mass is 35.5. The van der Waals surface area contributed by atoms with Crippen molar-refractivity contribution in [3.8, 4) is 0 Å². The Morgan fingerprint density at radius 3 is 2.65 bits per heavy atom. The molecule has 2 N–H and O–H groups in total. The van der Waals surface area contributed by atoms with Crippen LogP contribution in [0.15, 0.2) is 66.7 Å². The largest absolute Gasteiger partial charge is 0.465 e. The van der Waals surface area contributed by atoms with E-state index >= 15 is 0 Å². The van der Waals surface area contributed by atoms with Gasteiger partial charge >= 0.3 is 12.0 Å². The summed E-state index contributed by atoms with van der Waals surface area (Å²) in [6.07, 6.45) is 0.643. The maximum atomic E-state index is 13.7. The van der Waals surface area contributed by atoms with Crippen LogP contribution in [0.3, 0.4) is 0 Å². The highest BCUT2D eigenvalue weighted by molar-refractivity contribution is 6.31. The summed E-state index contributed by atoms with van der Waals surface area (Å²) in [6, 6.07) is 17.8. The van der Waals surface area contributed by atoms with E-state index in [1.54, 1.807) is 23.1 Å². The molecule has 5 rings (SSSR count). The van der Waals surface area contributed by atoms with E-state index in [2.05, 4.69) is 16.4 Å². The first kappa shape index (κ1) is 22.0. The van der Waals surface area contributed by atoms with Crippen LogP contribution in [0.1, 0.15) is 33.2 Å². The van der Waals surface area contributed by atoms with Gasteiger partial charge in [0.05, 0.1) is 24.4 Å². The molecule has 8 heteroatoms. The molecule has 0 bridgehead atoms. The number of urea groups is 1. The van der Waals surface area contributed by atoms with Gasteiger partial charge in [0.1, 0.15) is 5.82 Å². The third-order valence-electron chi connectivity index (χ3n) is 6.11. The molecular weight excluding hydrogens is 457 g/mol. The molecule has 3 aromatic carbocycles. The van der Waals surface area contributed by atoms with Gasteiger partial charge in [-0.15, -0.1) is 0 Å². The molecule has 1 aliphatic heterocycles. The van der Waals surface area contributed by atoms with E-state index in [0.29, 0.717) is 18.0 Å². The van der Waals surface area contributed by atoms with Crippen molar-refractivity contribution in [3.05, 3.63) is 100.0 Å². The first-order chi connectivity index (χ1) is 16.5. The number of hydrogen-bond acceptors (Lipinski definition) is 3. The quantitative estimate of drug-likeness (QED) is 0.359. The summed E-state index contributed by atoms with van der Waals surface area (Å²) in [5.74, 6) is -0.937. The molecule has 2 amide bonds. The van der Waals surface area contributed by atoms with Crippen LogP contribution in [0.5, 0.6) is 0 Å². The summed E-state index contributed by atoms with van der Waals surface area (Å²) in [5, 5.41) is 4.30. The summed E-state index contributed by atoms with van der Waals surface area (Å²) < 4.78 is 18.5. The molecule has 34 heavy (non-hydrogen) atoms. The minimum atomic E-state index is -0.585. The smallest absolute Gasteiger partial charge is 0.339 e. The number of aromatic nitrogens is 1. The van der Waals surface area contributed by atoms with E-state index in [4.69, 9.17) is 16.3 Å². The number of para-hydroxylation sites is 1. The van der Waals surface area contributed by atoms with Crippen LogP contribution in [-0.2, 0) is 11.2 Å². The maximum Gasteiger partial charge on any atom is 0.339 e. The molecule has 0 radical (unpaired) electrons. The zero-order valence-corrected chi connectivity index (χ0v) is 19.0. The highest BCUT2D eigenvalue weighted by Gasteiger charge is 2.35. The lowest BCUT2D eigenvalue weighted by Gasteiger charge is -2.36. The number of amides is 2. The van der Waals surface area contributed by atoms with Crippen LogP contribution < -0.4 is 5.32 Å². The second-order valence-electron chi connectivity index (χ2n) is 8.07. The number of nitrogens with one attached hydrogen (secondary N) is 2. The van der Waals surface area contributed by atoms with E-state index in [1.807, 2.05) is 18.2 Å². The number of hydrogen-bond donors (Lipinski definition) is 2. The second kappa shape index (κ2) is 8.83. The van der Waals surface area contributed by atoms with Crippen LogP contribution in [0.25, 0.3) is 10.9 Å². The Bertz CT molecular complexity index is 1400. The van der Waals surface area contributed by atoms with Gasteiger partial charge in [-0.1, -0.05) is 41.9 Å². The van der Waals surface area contributed by atoms with Crippen molar-refractivity contribution < 1.29 is 18.7 Å². The lowest BCUT2D eigenvalue weighted by molar-refractivity contribution is 0.0602. The third-order valence-corrected chi connectivity index (χ3v) is 6.34. The molecule has 0 fully saturated rings. The number of H-pyrrole nitrogens is 1. The molecule has 4 aromatic rings. The first-order valence-electron chi connectivity index (χ1n) is 10.8. The van der Waals surface area contributed by atoms with Gasteiger partial charge in [-0.25, -0.2) is 14.0 Å². The number of fused-ring (bicyclic) bond motifs is 3. The van der Waals surface area contributed by atoms with Crippen LogP contribution in [-0.4, -0.2) is 35.5 Å². The fourth-order valence-electron chi connectivity index (χ4n) is 4.55. The topological polar surface area (TPSA) is 74.4 Å². The summed E-state index contributed by atoms with van der Waals surface area (Å²) in [5.41, 5.74) is 4.21. The van der Waals surface area contributed by atoms with Gasteiger partial charge in [0.15, 0.2) is 0 Å². The first-order valence-corrected chi connectivity index (χ1v) is 11.1. The summed E-state index contributed by atoms with van der Waals surface area (Å²) in [6.45, 7) is 0.427. The molecule has 0 aliphatic carbocycles. The van der Waals surface area contributed by atoms with Gasteiger partial charge in [0.2, 0.25) is 0 Å². The number of rotatable bonds is 3. The van der Waals surface area contributed by atoms with Gasteiger partial charge in [0, 0.05) is 28.2 Å². The number of carbonyl (C=O) groups excluding carboxylic acids is 2. The monoisotopic (exact) mass is 477 g/mol. The van der Waals surface area contributed by atoms with Crippen molar-refractivity contribution in [3.63, 3.8) is 0 Å². The van der Waals surface area contributed by atoms with Gasteiger partial charge in [-0.2, -0.15) is 0 Å². The highest BCUT2D eigenvalue weighted by Crippen LogP contribution is 2.39. The Kier molecular flexibility index (Phi) is 5.71. The van der Waals surface area contributed by atoms with Crippen LogP contribution in [0.4, 0.5) is 14.9 Å². The Hall–Kier alpha value is -3.84. The van der Waals surface area contributed by atoms with Crippen molar-refractivity contribution in [2.24, 2.45) is 0 Å². The van der Waals surface area contributed by atoms with Crippen molar-refractivity contribution in [1.29, 1.82) is 0 Å². The Labute approximate surface area is 200 Å². The van der Waals surface area contributed by atoms with Gasteiger partial charge in [-0.3, -0.25) is 0 Å². The zero-order valence-electron chi connectivity index (χ0n) is 18.3. The molecule has 0 spiro atoms. The number of ether oxygens (including phenoxy) is 1. The third kappa shape index (κ3) is 3.88. The average Bonchev–Trinajstić information content (AvgIpc) is 3.22. The predicted molar refractivity (Wildman–Crippen MR) is 129 cm³/mol. The van der Waals surface area contributed by atoms with E-state index in [0.717, 1.165) is 27.7 Å². The Morgan fingerprint density at radius 1 is 1.12 bits per heavy atom. The fourth-order valence-corrected chi connectivity index (χ4v) is 4.72. The number of esters is 1. The van der Waals surface area contributed by atoms with Crippen LogP contribution in [0.2, 0.25) is 5.02 Å². The molecule has 172 valence electrons. The van der Waals surface area contributed by atoms with Gasteiger partial charge in [-0.05, 0) is 53.9 Å². The molecule has 1 aromatic heterocycles. The number of aromatic amines is 1. The predicted octanol–water partition coefficient (Wildman–Crippen LogP) is 5.93. The SMILES string of the molecule is COC(=O)c1ccc(Cl)cc1NC(=O)N1CCc2c([nH]c3ccccc23)C1c1ccc(F)cc1. The van der Waals surface area contributed by atoms with E-state index < -0.39 is 18.0 Å². The summed E-state index contributed by atoms with van der Waals surface area (Å²) in [4.78, 5) is 30.9. The van der Waals surface area contributed by atoms with Crippen molar-refractivity contribution >= 4 is 40.2 Å². The Morgan fingerprint density at radius 2 is 1.88 bits per heavy atom. The molecule has 6 nitrogen and oxygen atoms in total. The van der Waals surface area contributed by atoms with E-state index in [1.165, 1.54) is 31.4 Å². The molecule has 1 atom stereocenters. The molecule has 1 unspecified atom stereocenters. The van der Waals surface area contributed by atoms with Crippen LogP contribution in [0, 0.1) is 5.82 Å². The minimum Gasteiger partial charge on any atom is -0.465 e. The number of methoxy groups -OCH3 is 1. The lowest BCUT2D eigenvalue weighted by Crippen LogP contribution is -2.43. The second-order valence-corrected chi connectivity index (χ2v) is 8.51. The molecular formula is C26H21ClFN3O3. The average molecular weight is 478 g/mol. The fraction of sp³-hybridized carbons (Fsp3) is 0.154. The Balaban J connectivity index is 1.57. The normalized spacial score (nSPS) is 15.1. The number of nitrogens with zero attached hydrogens (tertiary/aromatic N) is 1.